The van der Waals surface area contributed by atoms with Crippen molar-refractivity contribution in [3.63, 3.8) is 0 Å². The maximum atomic E-state index is 12.8. The molecule has 0 saturated heterocycles. The van der Waals surface area contributed by atoms with Crippen LogP contribution in [0.25, 0.3) is 0 Å². The number of hydrogen-bond acceptors (Lipinski definition) is 3. The second kappa shape index (κ2) is 3.64. The third kappa shape index (κ3) is 2.06. The highest BCUT2D eigenvalue weighted by atomic mass is 19.4. The molecule has 0 aliphatic carbocycles. The molecule has 2 atom stereocenters. The van der Waals surface area contributed by atoms with Crippen molar-refractivity contribution in [2.45, 2.75) is 31.6 Å². The highest BCUT2D eigenvalue weighted by Crippen LogP contribution is 2.39. The molecular formula is C9H10F3N3O2. The number of nitrogens with one attached hydrogen (secondary N) is 1. The van der Waals surface area contributed by atoms with E-state index < -0.39 is 23.9 Å². The van der Waals surface area contributed by atoms with Crippen LogP contribution in [-0.2, 0) is 0 Å². The SMILES string of the molecule is C[C@@H]1C[C@H](C(F)(F)F)n2nc(C(=O)O)cc2N1. The van der Waals surface area contributed by atoms with Crippen LogP contribution in [0, 0.1) is 0 Å². The van der Waals surface area contributed by atoms with Gasteiger partial charge in [0.2, 0.25) is 0 Å². The van der Waals surface area contributed by atoms with Gasteiger partial charge in [-0.3, -0.25) is 0 Å². The van der Waals surface area contributed by atoms with Gasteiger partial charge in [-0.05, 0) is 13.3 Å². The Labute approximate surface area is 94.2 Å². The van der Waals surface area contributed by atoms with Crippen molar-refractivity contribution in [3.05, 3.63) is 11.8 Å². The Morgan fingerprint density at radius 3 is 2.82 bits per heavy atom. The maximum absolute atomic E-state index is 12.8. The molecule has 0 unspecified atom stereocenters. The fourth-order valence-electron chi connectivity index (χ4n) is 1.86. The monoisotopic (exact) mass is 249 g/mol. The number of carboxylic acid groups (broad SMARTS) is 1. The Hall–Kier alpha value is -1.73. The number of carbonyl (C=O) groups is 1. The molecule has 8 heteroatoms. The number of nitrogens with zero attached hydrogens (tertiary/aromatic N) is 2. The molecule has 1 aromatic heterocycles. The Balaban J connectivity index is 2.45. The van der Waals surface area contributed by atoms with E-state index in [-0.39, 0.29) is 18.3 Å². The summed E-state index contributed by atoms with van der Waals surface area (Å²) in [5, 5.41) is 14.9. The van der Waals surface area contributed by atoms with Gasteiger partial charge in [0.05, 0.1) is 0 Å². The average Bonchev–Trinajstić information content (AvgIpc) is 2.58. The largest absolute Gasteiger partial charge is 0.476 e. The molecule has 1 aliphatic heterocycles. The fourth-order valence-corrected chi connectivity index (χ4v) is 1.86. The molecule has 0 radical (unpaired) electrons. The molecule has 5 nitrogen and oxygen atoms in total. The zero-order chi connectivity index (χ0) is 12.8. The van der Waals surface area contributed by atoms with Gasteiger partial charge < -0.3 is 10.4 Å². The topological polar surface area (TPSA) is 67.2 Å². The van der Waals surface area contributed by atoms with Crippen LogP contribution >= 0.6 is 0 Å². The summed E-state index contributed by atoms with van der Waals surface area (Å²) in [4.78, 5) is 10.7. The lowest BCUT2D eigenvalue weighted by Gasteiger charge is -2.31. The van der Waals surface area contributed by atoms with Gasteiger partial charge in [0, 0.05) is 12.1 Å². The Kier molecular flexibility index (Phi) is 2.52. The number of hydrogen-bond donors (Lipinski definition) is 2. The van der Waals surface area contributed by atoms with Crippen molar-refractivity contribution in [3.8, 4) is 0 Å². The molecule has 2 rings (SSSR count). The molecule has 2 heterocycles. The minimum Gasteiger partial charge on any atom is -0.476 e. The number of alkyl halides is 3. The van der Waals surface area contributed by atoms with Crippen LogP contribution in [0.1, 0.15) is 29.9 Å². The van der Waals surface area contributed by atoms with E-state index in [2.05, 4.69) is 10.4 Å². The van der Waals surface area contributed by atoms with Gasteiger partial charge >= 0.3 is 12.1 Å². The minimum absolute atomic E-state index is 0.0866. The predicted molar refractivity (Wildman–Crippen MR) is 52.0 cm³/mol. The van der Waals surface area contributed by atoms with E-state index in [0.29, 0.717) is 4.68 Å². The Morgan fingerprint density at radius 2 is 2.29 bits per heavy atom. The van der Waals surface area contributed by atoms with E-state index in [0.717, 1.165) is 6.07 Å². The lowest BCUT2D eigenvalue weighted by atomic mass is 10.1. The molecule has 2 N–H and O–H groups in total. The van der Waals surface area contributed by atoms with E-state index in [1.807, 2.05) is 0 Å². The van der Waals surface area contributed by atoms with Crippen LogP contribution in [0.5, 0.6) is 0 Å². The molecule has 0 amide bonds. The second-order valence-electron chi connectivity index (χ2n) is 4.00. The molecule has 0 aromatic carbocycles. The first kappa shape index (κ1) is 11.7. The first-order valence-electron chi connectivity index (χ1n) is 4.95. The maximum Gasteiger partial charge on any atom is 0.410 e. The number of aromatic nitrogens is 2. The first-order valence-corrected chi connectivity index (χ1v) is 4.95. The highest BCUT2D eigenvalue weighted by molar-refractivity contribution is 5.86. The molecule has 0 saturated carbocycles. The van der Waals surface area contributed by atoms with Crippen LogP contribution in [0.3, 0.4) is 0 Å². The number of rotatable bonds is 1. The van der Waals surface area contributed by atoms with E-state index in [9.17, 15) is 18.0 Å². The number of carboxylic acids is 1. The number of fused-ring (bicyclic) bond motifs is 1. The Bertz CT molecular complexity index is 455. The van der Waals surface area contributed by atoms with Crippen LogP contribution < -0.4 is 5.32 Å². The number of aromatic carboxylic acids is 1. The minimum atomic E-state index is -4.44. The standard InChI is InChI=1S/C9H10F3N3O2/c1-4-2-6(9(10,11)12)15-7(13-4)3-5(14-15)8(16)17/h3-4,6,13H,2H2,1H3,(H,16,17)/t4-,6-/m1/s1. The van der Waals surface area contributed by atoms with Gasteiger partial charge in [-0.2, -0.15) is 18.3 Å². The Morgan fingerprint density at radius 1 is 1.65 bits per heavy atom. The van der Waals surface area contributed by atoms with Crippen LogP contribution in [0.4, 0.5) is 19.0 Å². The van der Waals surface area contributed by atoms with Crippen molar-refractivity contribution < 1.29 is 23.1 Å². The normalized spacial score (nSPS) is 24.0. The van der Waals surface area contributed by atoms with Crippen molar-refractivity contribution in [2.24, 2.45) is 0 Å². The van der Waals surface area contributed by atoms with Gasteiger partial charge in [-0.1, -0.05) is 0 Å². The van der Waals surface area contributed by atoms with E-state index >= 15 is 0 Å². The zero-order valence-corrected chi connectivity index (χ0v) is 8.82. The summed E-state index contributed by atoms with van der Waals surface area (Å²) in [5.74, 6) is -1.26. The summed E-state index contributed by atoms with van der Waals surface area (Å²) in [7, 11) is 0. The molecule has 0 bridgehead atoms. The quantitative estimate of drug-likeness (QED) is 0.797. The van der Waals surface area contributed by atoms with Crippen LogP contribution in [0.15, 0.2) is 6.07 Å². The van der Waals surface area contributed by atoms with Gasteiger partial charge in [0.1, 0.15) is 5.82 Å². The van der Waals surface area contributed by atoms with E-state index in [4.69, 9.17) is 5.11 Å². The van der Waals surface area contributed by atoms with Gasteiger partial charge in [0.25, 0.3) is 0 Å². The summed E-state index contributed by atoms with van der Waals surface area (Å²) in [6.07, 6.45) is -4.61. The predicted octanol–water partition coefficient (Wildman–Crippen LogP) is 1.89. The zero-order valence-electron chi connectivity index (χ0n) is 8.82. The fraction of sp³-hybridized carbons (Fsp3) is 0.556. The summed E-state index contributed by atoms with van der Waals surface area (Å²) >= 11 is 0. The van der Waals surface area contributed by atoms with Crippen LogP contribution in [0.2, 0.25) is 0 Å². The average molecular weight is 249 g/mol. The van der Waals surface area contributed by atoms with Gasteiger partial charge in [0.15, 0.2) is 11.7 Å². The van der Waals surface area contributed by atoms with E-state index in [1.54, 1.807) is 6.92 Å². The highest BCUT2D eigenvalue weighted by Gasteiger charge is 2.45. The van der Waals surface area contributed by atoms with E-state index in [1.165, 1.54) is 0 Å². The first-order chi connectivity index (χ1) is 7.79. The summed E-state index contributed by atoms with van der Waals surface area (Å²) in [6.45, 7) is 1.61. The summed E-state index contributed by atoms with van der Waals surface area (Å²) in [5.41, 5.74) is -0.393. The smallest absolute Gasteiger partial charge is 0.410 e. The van der Waals surface area contributed by atoms with Gasteiger partial charge in [-0.25, -0.2) is 9.48 Å². The molecule has 0 spiro atoms. The summed E-state index contributed by atoms with van der Waals surface area (Å²) < 4.78 is 39.0. The van der Waals surface area contributed by atoms with Crippen molar-refractivity contribution in [2.75, 3.05) is 5.32 Å². The van der Waals surface area contributed by atoms with Crippen molar-refractivity contribution >= 4 is 11.8 Å². The molecular weight excluding hydrogens is 239 g/mol. The van der Waals surface area contributed by atoms with Crippen molar-refractivity contribution in [1.29, 1.82) is 0 Å². The molecule has 1 aromatic rings. The third-order valence-corrected chi connectivity index (χ3v) is 2.60. The summed E-state index contributed by atoms with van der Waals surface area (Å²) in [6, 6.07) is -1.05. The third-order valence-electron chi connectivity index (χ3n) is 2.60. The molecule has 94 valence electrons. The van der Waals surface area contributed by atoms with Gasteiger partial charge in [-0.15, -0.1) is 0 Å². The molecule has 17 heavy (non-hydrogen) atoms. The van der Waals surface area contributed by atoms with Crippen molar-refractivity contribution in [1.82, 2.24) is 9.78 Å². The molecule has 1 aliphatic rings. The number of anilines is 1. The second-order valence-corrected chi connectivity index (χ2v) is 4.00. The molecule has 0 fully saturated rings. The number of halogens is 3. The lowest BCUT2D eigenvalue weighted by Crippen LogP contribution is -2.37. The lowest BCUT2D eigenvalue weighted by molar-refractivity contribution is -0.173. The van der Waals surface area contributed by atoms with Crippen LogP contribution in [-0.4, -0.2) is 33.1 Å².